The molecule has 0 aliphatic carbocycles. The van der Waals surface area contributed by atoms with Crippen LogP contribution >= 0.6 is 11.3 Å². The van der Waals surface area contributed by atoms with Crippen LogP contribution in [0.4, 0.5) is 0 Å². The Bertz CT molecular complexity index is 843. The summed E-state index contributed by atoms with van der Waals surface area (Å²) >= 11 is 1.33. The van der Waals surface area contributed by atoms with Gasteiger partial charge in [-0.05, 0) is 17.7 Å². The number of ether oxygens (including phenoxy) is 1. The van der Waals surface area contributed by atoms with Gasteiger partial charge < -0.3 is 9.84 Å². The van der Waals surface area contributed by atoms with Crippen molar-refractivity contribution in [2.75, 3.05) is 0 Å². The fourth-order valence-electron chi connectivity index (χ4n) is 1.91. The van der Waals surface area contributed by atoms with Crippen LogP contribution in [-0.4, -0.2) is 20.5 Å². The molecule has 0 saturated heterocycles. The molecule has 0 aliphatic heterocycles. The largest absolute Gasteiger partial charge is 0.476 e. The minimum atomic E-state index is -1.10. The van der Waals surface area contributed by atoms with Gasteiger partial charge in [0.15, 0.2) is 10.7 Å². The second-order valence-corrected chi connectivity index (χ2v) is 5.08. The molecule has 0 spiro atoms. The Morgan fingerprint density at radius 2 is 2.19 bits per heavy atom. The summed E-state index contributed by atoms with van der Waals surface area (Å²) in [6, 6.07) is 8.95. The SMILES string of the molecule is N#CCc1ccc(Oc2nc3sccn3c2C(=O)O)cc1. The zero-order valence-corrected chi connectivity index (χ0v) is 11.5. The Morgan fingerprint density at radius 3 is 2.86 bits per heavy atom. The number of nitrogens with zero attached hydrogens (tertiary/aromatic N) is 3. The first kappa shape index (κ1) is 13.1. The molecule has 0 radical (unpaired) electrons. The lowest BCUT2D eigenvalue weighted by molar-refractivity contribution is 0.0686. The number of fused-ring (bicyclic) bond motifs is 1. The van der Waals surface area contributed by atoms with Crippen molar-refractivity contribution >= 4 is 22.3 Å². The maximum absolute atomic E-state index is 11.4. The molecule has 3 aromatic rings. The highest BCUT2D eigenvalue weighted by atomic mass is 32.1. The summed E-state index contributed by atoms with van der Waals surface area (Å²) in [4.78, 5) is 16.1. The van der Waals surface area contributed by atoms with Gasteiger partial charge in [0.05, 0.1) is 12.5 Å². The summed E-state index contributed by atoms with van der Waals surface area (Å²) in [5.74, 6) is -0.565. The zero-order chi connectivity index (χ0) is 14.8. The Labute approximate surface area is 123 Å². The Kier molecular flexibility index (Phi) is 3.30. The van der Waals surface area contributed by atoms with Crippen LogP contribution in [0.2, 0.25) is 0 Å². The third-order valence-electron chi connectivity index (χ3n) is 2.85. The van der Waals surface area contributed by atoms with Crippen LogP contribution in [0.15, 0.2) is 35.8 Å². The van der Waals surface area contributed by atoms with E-state index in [0.717, 1.165) is 5.56 Å². The average molecular weight is 299 g/mol. The number of hydrogen-bond acceptors (Lipinski definition) is 5. The van der Waals surface area contributed by atoms with Gasteiger partial charge in [0, 0.05) is 11.6 Å². The lowest BCUT2D eigenvalue weighted by atomic mass is 10.2. The molecule has 2 aromatic heterocycles. The zero-order valence-electron chi connectivity index (χ0n) is 10.7. The summed E-state index contributed by atoms with van der Waals surface area (Å²) < 4.78 is 7.04. The van der Waals surface area contributed by atoms with Crippen LogP contribution < -0.4 is 4.74 Å². The van der Waals surface area contributed by atoms with Gasteiger partial charge in [-0.3, -0.25) is 4.40 Å². The van der Waals surface area contributed by atoms with E-state index in [0.29, 0.717) is 17.1 Å². The molecular weight excluding hydrogens is 290 g/mol. The molecule has 0 atom stereocenters. The van der Waals surface area contributed by atoms with Crippen molar-refractivity contribution in [2.45, 2.75) is 6.42 Å². The summed E-state index contributed by atoms with van der Waals surface area (Å²) in [5.41, 5.74) is 0.862. The monoisotopic (exact) mass is 299 g/mol. The van der Waals surface area contributed by atoms with Crippen LogP contribution in [0.5, 0.6) is 11.6 Å². The van der Waals surface area contributed by atoms with Crippen LogP contribution in [-0.2, 0) is 6.42 Å². The molecular formula is C14H9N3O3S. The Morgan fingerprint density at radius 1 is 1.43 bits per heavy atom. The molecule has 2 heterocycles. The van der Waals surface area contributed by atoms with E-state index in [4.69, 9.17) is 10.00 Å². The van der Waals surface area contributed by atoms with Gasteiger partial charge in [-0.1, -0.05) is 12.1 Å². The summed E-state index contributed by atoms with van der Waals surface area (Å²) in [6.07, 6.45) is 1.96. The Hall–Kier alpha value is -2.85. The number of rotatable bonds is 4. The molecule has 104 valence electrons. The molecule has 1 aromatic carbocycles. The van der Waals surface area contributed by atoms with E-state index in [1.54, 1.807) is 35.8 Å². The van der Waals surface area contributed by atoms with Crippen LogP contribution in [0.1, 0.15) is 16.1 Å². The summed E-state index contributed by atoms with van der Waals surface area (Å²) in [6.45, 7) is 0. The second-order valence-electron chi connectivity index (χ2n) is 4.21. The van der Waals surface area contributed by atoms with E-state index in [-0.39, 0.29) is 11.6 Å². The van der Waals surface area contributed by atoms with Gasteiger partial charge in [0.2, 0.25) is 0 Å². The van der Waals surface area contributed by atoms with Gasteiger partial charge >= 0.3 is 5.97 Å². The third kappa shape index (κ3) is 2.44. The van der Waals surface area contributed by atoms with Crippen molar-refractivity contribution < 1.29 is 14.6 Å². The predicted octanol–water partition coefficient (Wildman–Crippen LogP) is 2.95. The molecule has 1 N–H and O–H groups in total. The number of aromatic carboxylic acids is 1. The quantitative estimate of drug-likeness (QED) is 0.800. The van der Waals surface area contributed by atoms with E-state index in [1.165, 1.54) is 15.7 Å². The fraction of sp³-hybridized carbons (Fsp3) is 0.0714. The molecule has 0 fully saturated rings. The maximum Gasteiger partial charge on any atom is 0.358 e. The van der Waals surface area contributed by atoms with Gasteiger partial charge in [0.25, 0.3) is 5.88 Å². The predicted molar refractivity (Wildman–Crippen MR) is 75.9 cm³/mol. The second kappa shape index (κ2) is 5.26. The third-order valence-corrected chi connectivity index (χ3v) is 3.61. The fourth-order valence-corrected chi connectivity index (χ4v) is 2.62. The molecule has 7 heteroatoms. The number of thiazole rings is 1. The van der Waals surface area contributed by atoms with Crippen LogP contribution in [0, 0.1) is 11.3 Å². The summed E-state index contributed by atoms with van der Waals surface area (Å²) in [5, 5.41) is 19.7. The van der Waals surface area contributed by atoms with Gasteiger partial charge in [-0.15, -0.1) is 11.3 Å². The first-order valence-electron chi connectivity index (χ1n) is 6.01. The average Bonchev–Trinajstić information content (AvgIpc) is 3.01. The van der Waals surface area contributed by atoms with Gasteiger partial charge in [-0.25, -0.2) is 4.79 Å². The molecule has 3 rings (SSSR count). The number of hydrogen-bond donors (Lipinski definition) is 1. The van der Waals surface area contributed by atoms with Crippen LogP contribution in [0.25, 0.3) is 4.96 Å². The number of imidazole rings is 1. The molecule has 0 amide bonds. The van der Waals surface area contributed by atoms with Gasteiger partial charge in [-0.2, -0.15) is 10.2 Å². The van der Waals surface area contributed by atoms with Crippen molar-refractivity contribution in [3.8, 4) is 17.7 Å². The smallest absolute Gasteiger partial charge is 0.358 e. The first-order valence-corrected chi connectivity index (χ1v) is 6.89. The van der Waals surface area contributed by atoms with E-state index < -0.39 is 5.97 Å². The highest BCUT2D eigenvalue weighted by Crippen LogP contribution is 2.28. The van der Waals surface area contributed by atoms with Crippen molar-refractivity contribution in [3.05, 3.63) is 47.1 Å². The number of carboxylic acids is 1. The van der Waals surface area contributed by atoms with E-state index in [1.807, 2.05) is 0 Å². The first-order chi connectivity index (χ1) is 10.2. The lowest BCUT2D eigenvalue weighted by Gasteiger charge is -2.04. The number of aromatic nitrogens is 2. The minimum Gasteiger partial charge on any atom is -0.476 e. The maximum atomic E-state index is 11.4. The highest BCUT2D eigenvalue weighted by Gasteiger charge is 2.21. The summed E-state index contributed by atoms with van der Waals surface area (Å²) in [7, 11) is 0. The molecule has 0 aliphatic rings. The lowest BCUT2D eigenvalue weighted by Crippen LogP contribution is -2.02. The van der Waals surface area contributed by atoms with E-state index in [2.05, 4.69) is 11.1 Å². The number of nitriles is 1. The molecule has 21 heavy (non-hydrogen) atoms. The van der Waals surface area contributed by atoms with Crippen molar-refractivity contribution in [2.24, 2.45) is 0 Å². The Balaban J connectivity index is 1.94. The topological polar surface area (TPSA) is 87.6 Å². The molecule has 0 bridgehead atoms. The molecule has 0 saturated carbocycles. The van der Waals surface area contributed by atoms with Crippen molar-refractivity contribution in [1.29, 1.82) is 5.26 Å². The minimum absolute atomic E-state index is 0.00708. The molecule has 0 unspecified atom stereocenters. The van der Waals surface area contributed by atoms with Gasteiger partial charge in [0.1, 0.15) is 5.75 Å². The normalized spacial score (nSPS) is 10.4. The van der Waals surface area contributed by atoms with E-state index >= 15 is 0 Å². The number of carbonyl (C=O) groups is 1. The number of benzene rings is 1. The van der Waals surface area contributed by atoms with Crippen molar-refractivity contribution in [1.82, 2.24) is 9.38 Å². The number of carboxylic acid groups (broad SMARTS) is 1. The van der Waals surface area contributed by atoms with E-state index in [9.17, 15) is 9.90 Å². The van der Waals surface area contributed by atoms with Crippen molar-refractivity contribution in [3.63, 3.8) is 0 Å². The molecule has 6 nitrogen and oxygen atoms in total. The highest BCUT2D eigenvalue weighted by molar-refractivity contribution is 7.15. The van der Waals surface area contributed by atoms with Crippen LogP contribution in [0.3, 0.4) is 0 Å². The standard InChI is InChI=1S/C14H9N3O3S/c15-6-5-9-1-3-10(4-2-9)20-12-11(13(18)19)17-7-8-21-14(17)16-12/h1-4,7-8H,5H2,(H,18,19).